The Hall–Kier alpha value is -1.43. The number of allylic oxidation sites excluding steroid dienone is 2. The zero-order valence-electron chi connectivity index (χ0n) is 40.0. The topological polar surface area (TPSA) is 306 Å². The minimum atomic E-state index is -1.81. The summed E-state index contributed by atoms with van der Waals surface area (Å²) in [5, 5.41) is 131. The van der Waals surface area contributed by atoms with E-state index in [1.54, 1.807) is 20.8 Å². The maximum absolute atomic E-state index is 14.4. The van der Waals surface area contributed by atoms with Gasteiger partial charge in [-0.3, -0.25) is 4.79 Å². The fourth-order valence-electron chi connectivity index (χ4n) is 15.5. The second-order valence-corrected chi connectivity index (χ2v) is 23.3. The smallest absolute Gasteiger partial charge is 0.311 e. The highest BCUT2D eigenvalue weighted by molar-refractivity contribution is 5.73. The molecule has 0 aromatic carbocycles. The minimum absolute atomic E-state index is 0.00347. The van der Waals surface area contributed by atoms with Crippen molar-refractivity contribution in [3.05, 3.63) is 11.6 Å². The van der Waals surface area contributed by atoms with Crippen LogP contribution in [0.4, 0.5) is 0 Å². The summed E-state index contributed by atoms with van der Waals surface area (Å²) < 4.78 is 29.8. The fourth-order valence-corrected chi connectivity index (χ4v) is 15.5. The van der Waals surface area contributed by atoms with Crippen LogP contribution in [0.3, 0.4) is 0 Å². The van der Waals surface area contributed by atoms with Crippen LogP contribution in [0.15, 0.2) is 11.6 Å². The second-order valence-electron chi connectivity index (χ2n) is 23.3. The van der Waals surface area contributed by atoms with Gasteiger partial charge in [0.1, 0.15) is 48.8 Å². The molecule has 2 saturated heterocycles. The minimum Gasteiger partial charge on any atom is -0.432 e. The van der Waals surface area contributed by atoms with Crippen molar-refractivity contribution in [1.82, 2.24) is 0 Å². The molecular weight excluding hydrogens is 877 g/mol. The van der Waals surface area contributed by atoms with E-state index in [9.17, 15) is 66.1 Å². The first kappa shape index (κ1) is 51.9. The van der Waals surface area contributed by atoms with Crippen LogP contribution in [-0.2, 0) is 28.5 Å². The number of fused-ring (bicyclic) bond motifs is 7. The highest BCUT2D eigenvalue weighted by Gasteiger charge is 2.68. The van der Waals surface area contributed by atoms with Crippen molar-refractivity contribution in [1.29, 1.82) is 0 Å². The fraction of sp³-hybridized carbons (Fsp3) is 0.939. The summed E-state index contributed by atoms with van der Waals surface area (Å²) in [6.07, 6.45) is -15.1. The number of carbonyl (C=O) groups excluding carboxylic acids is 1. The van der Waals surface area contributed by atoms with E-state index < -0.39 is 152 Å². The van der Waals surface area contributed by atoms with E-state index >= 15 is 0 Å². The molecule has 2 aliphatic heterocycles. The molecule has 20 unspecified atom stereocenters. The Bertz CT molecular complexity index is 1790. The van der Waals surface area contributed by atoms with Gasteiger partial charge in [0.2, 0.25) is 6.29 Å². The summed E-state index contributed by atoms with van der Waals surface area (Å²) in [6.45, 7) is 12.4. The lowest BCUT2D eigenvalue weighted by Crippen LogP contribution is -2.68. The largest absolute Gasteiger partial charge is 0.432 e. The Kier molecular flexibility index (Phi) is 14.9. The summed E-state index contributed by atoms with van der Waals surface area (Å²) in [5.74, 6) is -2.44. The Morgan fingerprint density at radius 3 is 2.07 bits per heavy atom. The molecule has 8 rings (SSSR count). The van der Waals surface area contributed by atoms with E-state index in [1.807, 2.05) is 0 Å². The molecule has 18 heteroatoms. The molecule has 7 fully saturated rings. The van der Waals surface area contributed by atoms with Gasteiger partial charge < -0.3 is 85.0 Å². The number of hydrogen-bond donors (Lipinski definition) is 12. The average molecular weight is 957 g/mol. The van der Waals surface area contributed by atoms with E-state index in [0.717, 1.165) is 6.42 Å². The first-order chi connectivity index (χ1) is 31.4. The van der Waals surface area contributed by atoms with Crippen LogP contribution in [-0.4, -0.2) is 185 Å². The van der Waals surface area contributed by atoms with Crippen LogP contribution >= 0.6 is 0 Å². The Morgan fingerprint density at radius 1 is 0.731 bits per heavy atom. The van der Waals surface area contributed by atoms with Crippen molar-refractivity contribution < 1.29 is 89.8 Å². The summed E-state index contributed by atoms with van der Waals surface area (Å²) in [6, 6.07) is 0. The van der Waals surface area contributed by atoms with Crippen LogP contribution in [0.1, 0.15) is 93.4 Å². The van der Waals surface area contributed by atoms with Crippen molar-refractivity contribution in [3.63, 3.8) is 0 Å². The highest BCUT2D eigenvalue weighted by Crippen LogP contribution is 2.70. The number of ether oxygens (including phenoxy) is 5. The number of rotatable bonds is 9. The molecule has 6 aliphatic carbocycles. The van der Waals surface area contributed by atoms with Crippen molar-refractivity contribution in [3.8, 4) is 0 Å². The van der Waals surface area contributed by atoms with Crippen LogP contribution in [0.5, 0.6) is 0 Å². The molecule has 0 radical (unpaired) electrons. The Labute approximate surface area is 393 Å². The van der Waals surface area contributed by atoms with Gasteiger partial charge in [-0.2, -0.15) is 0 Å². The predicted octanol–water partition coefficient (Wildman–Crippen LogP) is -0.657. The number of esters is 1. The SMILES string of the molecule is CC1CC(C(=O)O[C@@H]2OC(CO[C@@H]3OC(CO)C(O[C@@H]4CC(C)C(O)[C@H](O)[C@@H]4O)[C@@H](C)[C@@H]3O)C(O)[C@@H](O)[C@@H]2O)C2CCC3(C)C(=CCC4C3CC(O)C3C(C)(CO)C(O)C(O)CC43C)C2C1C. The molecule has 5 saturated carbocycles. The lowest BCUT2D eigenvalue weighted by Gasteiger charge is -2.68. The molecular formula is C49H80O18. The van der Waals surface area contributed by atoms with Gasteiger partial charge in [-0.25, -0.2) is 0 Å². The number of carbonyl (C=O) groups is 1. The van der Waals surface area contributed by atoms with E-state index in [2.05, 4.69) is 33.8 Å². The van der Waals surface area contributed by atoms with Crippen molar-refractivity contribution in [2.45, 2.75) is 191 Å². The lowest BCUT2D eigenvalue weighted by atomic mass is 9.37. The van der Waals surface area contributed by atoms with E-state index in [4.69, 9.17) is 23.7 Å². The first-order valence-corrected chi connectivity index (χ1v) is 25.0. The van der Waals surface area contributed by atoms with Crippen LogP contribution in [0.25, 0.3) is 0 Å². The molecule has 12 N–H and O–H groups in total. The molecule has 29 atom stereocenters. The van der Waals surface area contributed by atoms with Gasteiger partial charge in [0.15, 0.2) is 6.29 Å². The van der Waals surface area contributed by atoms with Crippen LogP contribution < -0.4 is 0 Å². The van der Waals surface area contributed by atoms with Crippen molar-refractivity contribution >= 4 is 5.97 Å². The van der Waals surface area contributed by atoms with Crippen molar-refractivity contribution in [2.75, 3.05) is 19.8 Å². The third kappa shape index (κ3) is 8.49. The molecule has 8 aliphatic rings. The molecule has 67 heavy (non-hydrogen) atoms. The van der Waals surface area contributed by atoms with Crippen LogP contribution in [0.2, 0.25) is 0 Å². The maximum Gasteiger partial charge on any atom is 0.311 e. The second kappa shape index (κ2) is 19.2. The third-order valence-electron chi connectivity index (χ3n) is 19.6. The molecule has 0 bridgehead atoms. The predicted molar refractivity (Wildman–Crippen MR) is 235 cm³/mol. The molecule has 0 aromatic heterocycles. The summed E-state index contributed by atoms with van der Waals surface area (Å²) in [7, 11) is 0. The summed E-state index contributed by atoms with van der Waals surface area (Å²) in [5.41, 5.74) is -0.691. The first-order valence-electron chi connectivity index (χ1n) is 25.0. The van der Waals surface area contributed by atoms with Gasteiger partial charge in [-0.05, 0) is 97.2 Å². The molecule has 2 heterocycles. The monoisotopic (exact) mass is 957 g/mol. The third-order valence-corrected chi connectivity index (χ3v) is 19.6. The molecule has 384 valence electrons. The number of aliphatic hydroxyl groups excluding tert-OH is 12. The zero-order chi connectivity index (χ0) is 49.0. The molecule has 0 amide bonds. The van der Waals surface area contributed by atoms with E-state index in [1.165, 1.54) is 5.57 Å². The standard InChI is InChI=1S/C49H80O18/c1-19-12-24(23-10-11-47(5)26(33(23)21(19)3)9-8-25-27(47)14-28(52)42-48(25,6)15-29(53)43(61)49(42,7)18-51)44(62)67-46-40(60)39(59)37(57)32(66-46)17-63-45-35(55)22(4)41(31(16-50)65-45)64-30-13-20(2)34(54)38(58)36(30)56/h9,19-25,27-43,45-46,50-61H,8,10-18H2,1-7H3/t19?,20?,21?,22-,23?,24?,25?,27?,28?,29?,30+,31?,32?,33?,34?,35-,36+,37?,38-,39+,40-,41?,42?,43?,45+,46-,47?,48?,49?/m0/s1. The normalized spacial score (nSPS) is 56.7. The average Bonchev–Trinajstić information content (AvgIpc) is 3.29. The maximum atomic E-state index is 14.4. The van der Waals surface area contributed by atoms with E-state index in [0.29, 0.717) is 32.1 Å². The van der Waals surface area contributed by atoms with Gasteiger partial charge in [-0.1, -0.05) is 60.1 Å². The van der Waals surface area contributed by atoms with Crippen LogP contribution in [0, 0.1) is 75.4 Å². The van der Waals surface area contributed by atoms with Crippen molar-refractivity contribution in [2.24, 2.45) is 75.4 Å². The van der Waals surface area contributed by atoms with E-state index in [-0.39, 0.29) is 54.0 Å². The number of hydrogen-bond acceptors (Lipinski definition) is 18. The molecule has 18 nitrogen and oxygen atoms in total. The van der Waals surface area contributed by atoms with Gasteiger partial charge in [-0.15, -0.1) is 0 Å². The number of aliphatic hydroxyl groups is 12. The Balaban J connectivity index is 0.941. The highest BCUT2D eigenvalue weighted by atomic mass is 16.7. The Morgan fingerprint density at radius 2 is 1.40 bits per heavy atom. The quantitative estimate of drug-likeness (QED) is 0.101. The lowest BCUT2D eigenvalue weighted by molar-refractivity contribution is -0.330. The summed E-state index contributed by atoms with van der Waals surface area (Å²) in [4.78, 5) is 14.4. The molecule has 0 aromatic rings. The molecule has 0 spiro atoms. The zero-order valence-corrected chi connectivity index (χ0v) is 40.0. The summed E-state index contributed by atoms with van der Waals surface area (Å²) >= 11 is 0. The van der Waals surface area contributed by atoms with Gasteiger partial charge >= 0.3 is 5.97 Å². The van der Waals surface area contributed by atoms with Gasteiger partial charge in [0.05, 0.1) is 62.4 Å². The van der Waals surface area contributed by atoms with Gasteiger partial charge in [0, 0.05) is 17.3 Å². The van der Waals surface area contributed by atoms with Gasteiger partial charge in [0.25, 0.3) is 0 Å².